The summed E-state index contributed by atoms with van der Waals surface area (Å²) < 4.78 is 16.1. The summed E-state index contributed by atoms with van der Waals surface area (Å²) in [5, 5.41) is 0. The summed E-state index contributed by atoms with van der Waals surface area (Å²) in [5.41, 5.74) is 0. The average Bonchev–Trinajstić information content (AvgIpc) is 2.17. The van der Waals surface area contributed by atoms with Crippen molar-refractivity contribution in [2.45, 2.75) is 40.0 Å². The van der Waals surface area contributed by atoms with E-state index in [0.29, 0.717) is 19.8 Å². The number of hydrogen-bond acceptors (Lipinski definition) is 3. The Hall–Kier alpha value is 1.58. The van der Waals surface area contributed by atoms with Gasteiger partial charge in [0.1, 0.15) is 0 Å². The first-order valence-electron chi connectivity index (χ1n) is 5.19. The van der Waals surface area contributed by atoms with Gasteiger partial charge in [-0.25, -0.2) is 0 Å². The number of rotatable bonds is 9. The Morgan fingerprint density at radius 3 is 1.29 bits per heavy atom. The van der Waals surface area contributed by atoms with Gasteiger partial charge in [-0.1, -0.05) is 20.8 Å². The van der Waals surface area contributed by atoms with Crippen LogP contribution in [0.4, 0.5) is 0 Å². The van der Waals surface area contributed by atoms with Gasteiger partial charge in [0, 0.05) is 19.8 Å². The standard InChI is InChI=1S/C9H21BO3.K.H/c1-4-7-11-10(12-8-5-2)13-9-6-3;;/h4-9H2,1-3H3;;/q;+1;-1. The third-order valence-electron chi connectivity index (χ3n) is 1.37. The topological polar surface area (TPSA) is 27.7 Å². The van der Waals surface area contributed by atoms with Crippen molar-refractivity contribution in [2.75, 3.05) is 19.8 Å². The molecule has 0 unspecified atom stereocenters. The van der Waals surface area contributed by atoms with Gasteiger partial charge in [-0.3, -0.25) is 0 Å². The largest absolute Gasteiger partial charge is 1.00 e. The molecule has 0 aromatic rings. The average molecular weight is 228 g/mol. The van der Waals surface area contributed by atoms with Crippen molar-refractivity contribution in [3.05, 3.63) is 0 Å². The van der Waals surface area contributed by atoms with Crippen molar-refractivity contribution in [3.8, 4) is 0 Å². The molecule has 0 bridgehead atoms. The van der Waals surface area contributed by atoms with Crippen molar-refractivity contribution in [1.29, 1.82) is 0 Å². The third kappa shape index (κ3) is 11.7. The molecule has 0 radical (unpaired) electrons. The van der Waals surface area contributed by atoms with E-state index in [1.165, 1.54) is 0 Å². The van der Waals surface area contributed by atoms with Crippen LogP contribution in [-0.4, -0.2) is 27.1 Å². The fourth-order valence-corrected chi connectivity index (χ4v) is 0.787. The molecule has 0 aliphatic carbocycles. The first kappa shape index (κ1) is 18.0. The summed E-state index contributed by atoms with van der Waals surface area (Å²) in [4.78, 5) is 0. The molecule has 14 heavy (non-hydrogen) atoms. The second-order valence-electron chi connectivity index (χ2n) is 2.90. The molecule has 0 atom stereocenters. The van der Waals surface area contributed by atoms with Gasteiger partial charge in [-0.2, -0.15) is 0 Å². The molecule has 0 saturated heterocycles. The maximum atomic E-state index is 5.35. The Morgan fingerprint density at radius 2 is 1.07 bits per heavy atom. The van der Waals surface area contributed by atoms with Gasteiger partial charge < -0.3 is 15.4 Å². The molecule has 0 amide bonds. The fourth-order valence-electron chi connectivity index (χ4n) is 0.787. The van der Waals surface area contributed by atoms with E-state index >= 15 is 0 Å². The van der Waals surface area contributed by atoms with Crippen molar-refractivity contribution < 1.29 is 66.8 Å². The van der Waals surface area contributed by atoms with Gasteiger partial charge in [-0.15, -0.1) is 0 Å². The van der Waals surface area contributed by atoms with E-state index in [2.05, 4.69) is 20.8 Å². The molecule has 80 valence electrons. The minimum Gasteiger partial charge on any atom is -1.00 e. The quantitative estimate of drug-likeness (QED) is 0.492. The van der Waals surface area contributed by atoms with Crippen LogP contribution in [0.2, 0.25) is 0 Å². The zero-order chi connectivity index (χ0) is 9.94. The maximum Gasteiger partial charge on any atom is 1.00 e. The van der Waals surface area contributed by atoms with Crippen LogP contribution in [0.25, 0.3) is 0 Å². The normalized spacial score (nSPS) is 9.64. The summed E-state index contributed by atoms with van der Waals surface area (Å²) in [7, 11) is -0.458. The van der Waals surface area contributed by atoms with E-state index in [4.69, 9.17) is 14.0 Å². The zero-order valence-corrected chi connectivity index (χ0v) is 13.2. The molecule has 5 heteroatoms. The van der Waals surface area contributed by atoms with E-state index in [0.717, 1.165) is 19.3 Å². The van der Waals surface area contributed by atoms with Crippen molar-refractivity contribution in [1.82, 2.24) is 0 Å². The van der Waals surface area contributed by atoms with Crippen molar-refractivity contribution >= 4 is 7.32 Å². The Balaban J connectivity index is -0.000000720. The minimum absolute atomic E-state index is 0. The molecule has 0 spiro atoms. The van der Waals surface area contributed by atoms with Gasteiger partial charge in [0.15, 0.2) is 0 Å². The van der Waals surface area contributed by atoms with E-state index in [-0.39, 0.29) is 52.8 Å². The third-order valence-corrected chi connectivity index (χ3v) is 1.37. The Labute approximate surface area is 132 Å². The van der Waals surface area contributed by atoms with E-state index in [1.807, 2.05) is 0 Å². The minimum atomic E-state index is -0.458. The second-order valence-corrected chi connectivity index (χ2v) is 2.90. The van der Waals surface area contributed by atoms with Gasteiger partial charge in [-0.05, 0) is 19.3 Å². The summed E-state index contributed by atoms with van der Waals surface area (Å²) in [5.74, 6) is 0. The molecule has 0 aromatic carbocycles. The predicted octanol–water partition coefficient (Wildman–Crippen LogP) is -0.632. The molecule has 0 heterocycles. The summed E-state index contributed by atoms with van der Waals surface area (Å²) in [6, 6.07) is 0. The first-order valence-corrected chi connectivity index (χ1v) is 5.19. The summed E-state index contributed by atoms with van der Waals surface area (Å²) >= 11 is 0. The van der Waals surface area contributed by atoms with Crippen LogP contribution in [0, 0.1) is 0 Å². The predicted molar refractivity (Wildman–Crippen MR) is 55.6 cm³/mol. The molecular formula is C9H22BKO3. The number of hydrogen-bond donors (Lipinski definition) is 0. The van der Waals surface area contributed by atoms with Gasteiger partial charge >= 0.3 is 58.7 Å². The van der Waals surface area contributed by atoms with Crippen LogP contribution in [0.3, 0.4) is 0 Å². The first-order chi connectivity index (χ1) is 6.35. The maximum absolute atomic E-state index is 5.35. The summed E-state index contributed by atoms with van der Waals surface area (Å²) in [6.07, 6.45) is 2.96. The van der Waals surface area contributed by atoms with E-state index in [9.17, 15) is 0 Å². The van der Waals surface area contributed by atoms with Crippen LogP contribution in [0.15, 0.2) is 0 Å². The molecule has 0 aliphatic heterocycles. The van der Waals surface area contributed by atoms with Crippen LogP contribution >= 0.6 is 0 Å². The molecule has 0 rings (SSSR count). The Kier molecular flexibility index (Phi) is 18.7. The Bertz CT molecular complexity index is 92.3. The Morgan fingerprint density at radius 1 is 0.786 bits per heavy atom. The molecular weight excluding hydrogens is 206 g/mol. The monoisotopic (exact) mass is 228 g/mol. The van der Waals surface area contributed by atoms with Gasteiger partial charge in [0.25, 0.3) is 0 Å². The van der Waals surface area contributed by atoms with Crippen LogP contribution in [-0.2, 0) is 14.0 Å². The van der Waals surface area contributed by atoms with E-state index < -0.39 is 7.32 Å². The van der Waals surface area contributed by atoms with E-state index in [1.54, 1.807) is 0 Å². The zero-order valence-electron chi connectivity index (χ0n) is 11.0. The fraction of sp³-hybridized carbons (Fsp3) is 1.00. The van der Waals surface area contributed by atoms with Crippen molar-refractivity contribution in [3.63, 3.8) is 0 Å². The van der Waals surface area contributed by atoms with Crippen LogP contribution in [0.5, 0.6) is 0 Å². The molecule has 0 saturated carbocycles. The van der Waals surface area contributed by atoms with Crippen LogP contribution < -0.4 is 51.4 Å². The SMILES string of the molecule is CCCOB(OCCC)OCCC.[H-].[K+]. The molecule has 3 nitrogen and oxygen atoms in total. The smallest absolute Gasteiger partial charge is 1.00 e. The van der Waals surface area contributed by atoms with Gasteiger partial charge in [0.2, 0.25) is 0 Å². The van der Waals surface area contributed by atoms with Crippen molar-refractivity contribution in [2.24, 2.45) is 0 Å². The second kappa shape index (κ2) is 14.6. The molecule has 0 aliphatic rings. The summed E-state index contributed by atoms with van der Waals surface area (Å²) in [6.45, 7) is 8.28. The van der Waals surface area contributed by atoms with Crippen LogP contribution in [0.1, 0.15) is 41.5 Å². The molecule has 0 fully saturated rings. The molecule has 0 aromatic heterocycles. The van der Waals surface area contributed by atoms with Gasteiger partial charge in [0.05, 0.1) is 0 Å². The molecule has 0 N–H and O–H groups in total.